The number of benzene rings is 2. The Morgan fingerprint density at radius 3 is 2.07 bits per heavy atom. The maximum Gasteiger partial charge on any atom is 0.337 e. The van der Waals surface area contributed by atoms with Gasteiger partial charge in [-0.15, -0.1) is 0 Å². The second-order valence-electron chi connectivity index (χ2n) is 6.61. The molecule has 0 saturated carbocycles. The number of methoxy groups -OCH3 is 1. The molecule has 1 unspecified atom stereocenters. The summed E-state index contributed by atoms with van der Waals surface area (Å²) in [4.78, 5) is 36.3. The molecule has 0 aromatic heterocycles. The minimum absolute atomic E-state index is 0.147. The first-order valence-corrected chi connectivity index (χ1v) is 8.83. The normalized spacial score (nSPS) is 11.6. The molecule has 0 bridgehead atoms. The Morgan fingerprint density at radius 1 is 0.964 bits per heavy atom. The van der Waals surface area contributed by atoms with Crippen molar-refractivity contribution in [2.24, 2.45) is 5.92 Å². The highest BCUT2D eigenvalue weighted by Crippen LogP contribution is 2.09. The van der Waals surface area contributed by atoms with Gasteiger partial charge in [-0.05, 0) is 47.9 Å². The minimum atomic E-state index is -0.744. The van der Waals surface area contributed by atoms with Crippen LogP contribution in [0.1, 0.15) is 40.1 Å². The molecule has 0 spiro atoms. The van der Waals surface area contributed by atoms with Gasteiger partial charge < -0.3 is 15.4 Å². The maximum absolute atomic E-state index is 13.0. The van der Waals surface area contributed by atoms with Crippen LogP contribution in [0.5, 0.6) is 0 Å². The molecular formula is C21H23FN2O4. The van der Waals surface area contributed by atoms with E-state index in [1.54, 1.807) is 24.3 Å². The third kappa shape index (κ3) is 5.64. The lowest BCUT2D eigenvalue weighted by atomic mass is 10.0. The predicted molar refractivity (Wildman–Crippen MR) is 102 cm³/mol. The van der Waals surface area contributed by atoms with Crippen LogP contribution < -0.4 is 10.6 Å². The summed E-state index contributed by atoms with van der Waals surface area (Å²) in [5.74, 6) is -1.79. The number of rotatable bonds is 7. The summed E-state index contributed by atoms with van der Waals surface area (Å²) < 4.78 is 17.6. The molecule has 0 radical (unpaired) electrons. The first-order chi connectivity index (χ1) is 13.3. The van der Waals surface area contributed by atoms with Gasteiger partial charge in [-0.3, -0.25) is 9.59 Å². The van der Waals surface area contributed by atoms with Crippen molar-refractivity contribution in [3.8, 4) is 0 Å². The summed E-state index contributed by atoms with van der Waals surface area (Å²) in [6.45, 7) is 3.89. The summed E-state index contributed by atoms with van der Waals surface area (Å²) in [6, 6.07) is 11.0. The quantitative estimate of drug-likeness (QED) is 0.717. The number of hydrogen-bond donors (Lipinski definition) is 2. The van der Waals surface area contributed by atoms with Crippen molar-refractivity contribution < 1.29 is 23.5 Å². The Balaban J connectivity index is 1.97. The Labute approximate surface area is 163 Å². The van der Waals surface area contributed by atoms with Crippen LogP contribution in [0.4, 0.5) is 4.39 Å². The Bertz CT molecular complexity index is 832. The number of halogens is 1. The summed E-state index contributed by atoms with van der Waals surface area (Å²) in [6.07, 6.45) is 0. The molecule has 0 fully saturated rings. The topological polar surface area (TPSA) is 84.5 Å². The molecule has 0 aliphatic rings. The first kappa shape index (κ1) is 21.1. The summed E-state index contributed by atoms with van der Waals surface area (Å²) in [7, 11) is 1.31. The fourth-order valence-electron chi connectivity index (χ4n) is 2.54. The SMILES string of the molecule is COC(=O)c1ccc(CNC(=O)C(NC(=O)c2ccc(F)cc2)C(C)C)cc1. The monoisotopic (exact) mass is 386 g/mol. The van der Waals surface area contributed by atoms with Gasteiger partial charge in [-0.25, -0.2) is 9.18 Å². The van der Waals surface area contributed by atoms with Crippen LogP contribution >= 0.6 is 0 Å². The lowest BCUT2D eigenvalue weighted by molar-refractivity contribution is -0.124. The fourth-order valence-corrected chi connectivity index (χ4v) is 2.54. The zero-order valence-corrected chi connectivity index (χ0v) is 16.0. The van der Waals surface area contributed by atoms with E-state index in [0.717, 1.165) is 5.56 Å². The molecule has 2 aromatic rings. The van der Waals surface area contributed by atoms with Gasteiger partial charge in [-0.1, -0.05) is 26.0 Å². The van der Waals surface area contributed by atoms with Gasteiger partial charge in [0, 0.05) is 12.1 Å². The molecule has 7 heteroatoms. The average molecular weight is 386 g/mol. The second kappa shape index (κ2) is 9.64. The molecule has 1 atom stereocenters. The Hall–Kier alpha value is -3.22. The lowest BCUT2D eigenvalue weighted by Gasteiger charge is -2.22. The van der Waals surface area contributed by atoms with Crippen molar-refractivity contribution in [1.82, 2.24) is 10.6 Å². The minimum Gasteiger partial charge on any atom is -0.465 e. The molecule has 148 valence electrons. The van der Waals surface area contributed by atoms with E-state index in [2.05, 4.69) is 15.4 Å². The molecule has 0 saturated heterocycles. The van der Waals surface area contributed by atoms with Gasteiger partial charge in [0.1, 0.15) is 11.9 Å². The molecule has 0 aliphatic carbocycles. The Kier molecular flexibility index (Phi) is 7.26. The molecule has 2 rings (SSSR count). The average Bonchev–Trinajstić information content (AvgIpc) is 2.70. The molecule has 2 amide bonds. The van der Waals surface area contributed by atoms with Gasteiger partial charge in [0.25, 0.3) is 5.91 Å². The highest BCUT2D eigenvalue weighted by molar-refractivity contribution is 5.97. The number of esters is 1. The standard InChI is InChI=1S/C21H23FN2O4/c1-13(2)18(24-19(25)15-8-10-17(22)11-9-15)20(26)23-12-14-4-6-16(7-5-14)21(27)28-3/h4-11,13,18H,12H2,1-3H3,(H,23,26)(H,24,25). The summed E-state index contributed by atoms with van der Waals surface area (Å²) >= 11 is 0. The number of amides is 2. The van der Waals surface area contributed by atoms with E-state index >= 15 is 0 Å². The highest BCUT2D eigenvalue weighted by atomic mass is 19.1. The van der Waals surface area contributed by atoms with Crippen molar-refractivity contribution in [1.29, 1.82) is 0 Å². The van der Waals surface area contributed by atoms with Crippen LogP contribution in [0.25, 0.3) is 0 Å². The molecular weight excluding hydrogens is 363 g/mol. The van der Waals surface area contributed by atoms with Crippen molar-refractivity contribution in [2.45, 2.75) is 26.4 Å². The number of carbonyl (C=O) groups is 3. The van der Waals surface area contributed by atoms with Crippen molar-refractivity contribution in [3.63, 3.8) is 0 Å². The maximum atomic E-state index is 13.0. The number of carbonyl (C=O) groups excluding carboxylic acids is 3. The molecule has 28 heavy (non-hydrogen) atoms. The summed E-state index contributed by atoms with van der Waals surface area (Å²) in [5, 5.41) is 5.46. The zero-order valence-electron chi connectivity index (χ0n) is 16.0. The van der Waals surface area contributed by atoms with Crippen LogP contribution in [-0.4, -0.2) is 30.9 Å². The van der Waals surface area contributed by atoms with Crippen LogP contribution in [0.2, 0.25) is 0 Å². The zero-order chi connectivity index (χ0) is 20.7. The number of hydrogen-bond acceptors (Lipinski definition) is 4. The van der Waals surface area contributed by atoms with Gasteiger partial charge >= 0.3 is 5.97 Å². The molecule has 0 heterocycles. The largest absolute Gasteiger partial charge is 0.465 e. The van der Waals surface area contributed by atoms with E-state index in [0.29, 0.717) is 5.56 Å². The summed E-state index contributed by atoms with van der Waals surface area (Å²) in [5.41, 5.74) is 1.50. The van der Waals surface area contributed by atoms with E-state index in [1.165, 1.54) is 31.4 Å². The van der Waals surface area contributed by atoms with Gasteiger partial charge in [-0.2, -0.15) is 0 Å². The third-order valence-corrected chi connectivity index (χ3v) is 4.18. The van der Waals surface area contributed by atoms with Gasteiger partial charge in [0.05, 0.1) is 12.7 Å². The van der Waals surface area contributed by atoms with Crippen LogP contribution in [0, 0.1) is 11.7 Å². The van der Waals surface area contributed by atoms with Gasteiger partial charge in [0.15, 0.2) is 0 Å². The molecule has 6 nitrogen and oxygen atoms in total. The smallest absolute Gasteiger partial charge is 0.337 e. The van der Waals surface area contributed by atoms with Crippen molar-refractivity contribution in [2.75, 3.05) is 7.11 Å². The fraction of sp³-hybridized carbons (Fsp3) is 0.286. The molecule has 2 aromatic carbocycles. The number of nitrogens with one attached hydrogen (secondary N) is 2. The van der Waals surface area contributed by atoms with Gasteiger partial charge in [0.2, 0.25) is 5.91 Å². The van der Waals surface area contributed by atoms with E-state index in [4.69, 9.17) is 0 Å². The van der Waals surface area contributed by atoms with Crippen LogP contribution in [-0.2, 0) is 16.1 Å². The lowest BCUT2D eigenvalue weighted by Crippen LogP contribution is -2.49. The van der Waals surface area contributed by atoms with Crippen LogP contribution in [0.15, 0.2) is 48.5 Å². The van der Waals surface area contributed by atoms with E-state index < -0.39 is 23.7 Å². The van der Waals surface area contributed by atoms with E-state index in [-0.39, 0.29) is 23.9 Å². The van der Waals surface area contributed by atoms with Crippen molar-refractivity contribution >= 4 is 17.8 Å². The van der Waals surface area contributed by atoms with Crippen molar-refractivity contribution in [3.05, 3.63) is 71.0 Å². The third-order valence-electron chi connectivity index (χ3n) is 4.18. The Morgan fingerprint density at radius 2 is 1.54 bits per heavy atom. The van der Waals surface area contributed by atoms with E-state index in [1.807, 2.05) is 13.8 Å². The van der Waals surface area contributed by atoms with E-state index in [9.17, 15) is 18.8 Å². The van der Waals surface area contributed by atoms with Crippen LogP contribution in [0.3, 0.4) is 0 Å². The molecule has 2 N–H and O–H groups in total. The number of ether oxygens (including phenoxy) is 1. The highest BCUT2D eigenvalue weighted by Gasteiger charge is 2.24. The predicted octanol–water partition coefficient (Wildman–Crippen LogP) is 2.68. The first-order valence-electron chi connectivity index (χ1n) is 8.83. The molecule has 0 aliphatic heterocycles. The second-order valence-corrected chi connectivity index (χ2v) is 6.61.